The molecular weight excluding hydrogens is 230 g/mol. The number of benzene rings is 1. The SMILES string of the molecule is CCNC(C)(C(=O)OC)c1ccccc1OCC. The van der Waals surface area contributed by atoms with E-state index >= 15 is 0 Å². The molecule has 1 N–H and O–H groups in total. The third-order valence-corrected chi connectivity index (χ3v) is 2.85. The first kappa shape index (κ1) is 14.5. The van der Waals surface area contributed by atoms with Gasteiger partial charge in [-0.2, -0.15) is 0 Å². The molecule has 0 bridgehead atoms. The molecule has 0 radical (unpaired) electrons. The highest BCUT2D eigenvalue weighted by atomic mass is 16.5. The number of hydrogen-bond donors (Lipinski definition) is 1. The smallest absolute Gasteiger partial charge is 0.330 e. The lowest BCUT2D eigenvalue weighted by Crippen LogP contribution is -2.47. The van der Waals surface area contributed by atoms with Crippen molar-refractivity contribution >= 4 is 5.97 Å². The van der Waals surface area contributed by atoms with E-state index in [0.29, 0.717) is 18.9 Å². The fourth-order valence-electron chi connectivity index (χ4n) is 2.00. The second kappa shape index (κ2) is 6.40. The van der Waals surface area contributed by atoms with Crippen LogP contribution < -0.4 is 10.1 Å². The summed E-state index contributed by atoms with van der Waals surface area (Å²) in [6.45, 7) is 6.89. The lowest BCUT2D eigenvalue weighted by atomic mass is 9.91. The Morgan fingerprint density at radius 1 is 1.33 bits per heavy atom. The molecule has 4 heteroatoms. The number of nitrogens with one attached hydrogen (secondary N) is 1. The summed E-state index contributed by atoms with van der Waals surface area (Å²) in [5.41, 5.74) is -0.101. The highest BCUT2D eigenvalue weighted by Crippen LogP contribution is 2.30. The third kappa shape index (κ3) is 2.82. The predicted octanol–water partition coefficient (Wildman–Crippen LogP) is 2.08. The number of ether oxygens (including phenoxy) is 2. The fourth-order valence-corrected chi connectivity index (χ4v) is 2.00. The van der Waals surface area contributed by atoms with E-state index in [1.54, 1.807) is 6.92 Å². The number of methoxy groups -OCH3 is 1. The number of likely N-dealkylation sites (N-methyl/N-ethyl adjacent to an activating group) is 1. The van der Waals surface area contributed by atoms with Crippen molar-refractivity contribution in [2.45, 2.75) is 26.3 Å². The van der Waals surface area contributed by atoms with Gasteiger partial charge in [0, 0.05) is 5.56 Å². The Morgan fingerprint density at radius 3 is 2.56 bits per heavy atom. The van der Waals surface area contributed by atoms with Gasteiger partial charge in [-0.15, -0.1) is 0 Å². The Morgan fingerprint density at radius 2 is 2.00 bits per heavy atom. The quantitative estimate of drug-likeness (QED) is 0.786. The van der Waals surface area contributed by atoms with Crippen molar-refractivity contribution in [3.63, 3.8) is 0 Å². The van der Waals surface area contributed by atoms with E-state index in [0.717, 1.165) is 5.56 Å². The molecule has 0 aliphatic heterocycles. The van der Waals surface area contributed by atoms with Crippen LogP contribution in [0.25, 0.3) is 0 Å². The van der Waals surface area contributed by atoms with Gasteiger partial charge in [0.15, 0.2) is 0 Å². The Labute approximate surface area is 108 Å². The number of carbonyl (C=O) groups is 1. The van der Waals surface area contributed by atoms with E-state index < -0.39 is 5.54 Å². The molecule has 1 atom stereocenters. The number of rotatable bonds is 6. The standard InChI is InChI=1S/C14H21NO3/c1-5-15-14(3,13(16)17-4)11-9-7-8-10-12(11)18-6-2/h7-10,15H,5-6H2,1-4H3. The highest BCUT2D eigenvalue weighted by molar-refractivity contribution is 5.83. The van der Waals surface area contributed by atoms with Gasteiger partial charge in [0.2, 0.25) is 0 Å². The normalized spacial score (nSPS) is 13.8. The maximum Gasteiger partial charge on any atom is 0.330 e. The minimum Gasteiger partial charge on any atom is -0.494 e. The van der Waals surface area contributed by atoms with Crippen LogP contribution in [0, 0.1) is 0 Å². The van der Waals surface area contributed by atoms with E-state index in [1.807, 2.05) is 38.1 Å². The molecule has 0 aromatic heterocycles. The van der Waals surface area contributed by atoms with Gasteiger partial charge < -0.3 is 9.47 Å². The molecule has 0 aliphatic rings. The summed E-state index contributed by atoms with van der Waals surface area (Å²) in [4.78, 5) is 12.0. The first-order valence-electron chi connectivity index (χ1n) is 6.15. The van der Waals surface area contributed by atoms with Crippen LogP contribution in [0.2, 0.25) is 0 Å². The van der Waals surface area contributed by atoms with Crippen molar-refractivity contribution in [2.75, 3.05) is 20.3 Å². The lowest BCUT2D eigenvalue weighted by Gasteiger charge is -2.29. The number of para-hydroxylation sites is 1. The molecule has 0 aliphatic carbocycles. The Bertz CT molecular complexity index is 406. The molecule has 0 spiro atoms. The van der Waals surface area contributed by atoms with Crippen molar-refractivity contribution in [1.82, 2.24) is 5.32 Å². The van der Waals surface area contributed by atoms with Crippen LogP contribution in [0.3, 0.4) is 0 Å². The lowest BCUT2D eigenvalue weighted by molar-refractivity contribution is -0.148. The summed E-state index contributed by atoms with van der Waals surface area (Å²) < 4.78 is 10.5. The summed E-state index contributed by atoms with van der Waals surface area (Å²) in [5, 5.41) is 3.17. The fraction of sp³-hybridized carbons (Fsp3) is 0.500. The predicted molar refractivity (Wildman–Crippen MR) is 70.7 cm³/mol. The van der Waals surface area contributed by atoms with E-state index in [1.165, 1.54) is 7.11 Å². The zero-order valence-electron chi connectivity index (χ0n) is 11.4. The van der Waals surface area contributed by atoms with Gasteiger partial charge in [0.05, 0.1) is 13.7 Å². The second-order valence-electron chi connectivity index (χ2n) is 4.08. The molecule has 1 aromatic rings. The third-order valence-electron chi connectivity index (χ3n) is 2.85. The zero-order chi connectivity index (χ0) is 13.6. The summed E-state index contributed by atoms with van der Waals surface area (Å²) in [5.74, 6) is 0.380. The van der Waals surface area contributed by atoms with E-state index in [-0.39, 0.29) is 5.97 Å². The highest BCUT2D eigenvalue weighted by Gasteiger charge is 2.37. The molecule has 0 saturated heterocycles. The van der Waals surface area contributed by atoms with Gasteiger partial charge in [-0.1, -0.05) is 25.1 Å². The van der Waals surface area contributed by atoms with Crippen LogP contribution in [0.15, 0.2) is 24.3 Å². The van der Waals surface area contributed by atoms with Crippen molar-refractivity contribution in [3.05, 3.63) is 29.8 Å². The minimum absolute atomic E-state index is 0.323. The van der Waals surface area contributed by atoms with Crippen LogP contribution in [0.5, 0.6) is 5.75 Å². The van der Waals surface area contributed by atoms with Crippen molar-refractivity contribution < 1.29 is 14.3 Å². The van der Waals surface area contributed by atoms with Crippen LogP contribution in [0.4, 0.5) is 0 Å². The molecule has 0 heterocycles. The monoisotopic (exact) mass is 251 g/mol. The molecule has 1 rings (SSSR count). The first-order valence-corrected chi connectivity index (χ1v) is 6.15. The molecular formula is C14H21NO3. The molecule has 18 heavy (non-hydrogen) atoms. The molecule has 0 saturated carbocycles. The summed E-state index contributed by atoms with van der Waals surface area (Å²) in [6, 6.07) is 7.51. The summed E-state index contributed by atoms with van der Waals surface area (Å²) >= 11 is 0. The molecule has 0 amide bonds. The van der Waals surface area contributed by atoms with Gasteiger partial charge in [-0.3, -0.25) is 5.32 Å². The number of carbonyl (C=O) groups excluding carboxylic acids is 1. The van der Waals surface area contributed by atoms with Crippen molar-refractivity contribution in [3.8, 4) is 5.75 Å². The van der Waals surface area contributed by atoms with E-state index in [2.05, 4.69) is 5.32 Å². The Balaban J connectivity index is 3.24. The maximum absolute atomic E-state index is 12.0. The summed E-state index contributed by atoms with van der Waals surface area (Å²) in [6.07, 6.45) is 0. The minimum atomic E-state index is -0.894. The molecule has 100 valence electrons. The topological polar surface area (TPSA) is 47.6 Å². The average Bonchev–Trinajstić information content (AvgIpc) is 2.39. The van der Waals surface area contributed by atoms with Crippen LogP contribution in [0.1, 0.15) is 26.3 Å². The largest absolute Gasteiger partial charge is 0.494 e. The molecule has 0 fully saturated rings. The number of hydrogen-bond acceptors (Lipinski definition) is 4. The van der Waals surface area contributed by atoms with Gasteiger partial charge in [0.25, 0.3) is 0 Å². The van der Waals surface area contributed by atoms with E-state index in [9.17, 15) is 4.79 Å². The molecule has 1 unspecified atom stereocenters. The Hall–Kier alpha value is -1.55. The van der Waals surface area contributed by atoms with Crippen molar-refractivity contribution in [2.24, 2.45) is 0 Å². The average molecular weight is 251 g/mol. The summed E-state index contributed by atoms with van der Waals surface area (Å²) in [7, 11) is 1.39. The maximum atomic E-state index is 12.0. The van der Waals surface area contributed by atoms with Crippen LogP contribution in [-0.4, -0.2) is 26.2 Å². The van der Waals surface area contributed by atoms with Gasteiger partial charge in [0.1, 0.15) is 11.3 Å². The first-order chi connectivity index (χ1) is 8.60. The van der Waals surface area contributed by atoms with Gasteiger partial charge >= 0.3 is 5.97 Å². The number of esters is 1. The molecule has 1 aromatic carbocycles. The Kier molecular flexibility index (Phi) is 5.16. The van der Waals surface area contributed by atoms with Gasteiger partial charge in [-0.25, -0.2) is 4.79 Å². The van der Waals surface area contributed by atoms with Crippen molar-refractivity contribution in [1.29, 1.82) is 0 Å². The second-order valence-corrected chi connectivity index (χ2v) is 4.08. The molecule has 4 nitrogen and oxygen atoms in total. The van der Waals surface area contributed by atoms with Crippen LogP contribution >= 0.6 is 0 Å². The van der Waals surface area contributed by atoms with Gasteiger partial charge in [-0.05, 0) is 26.5 Å². The van der Waals surface area contributed by atoms with Crippen LogP contribution in [-0.2, 0) is 15.1 Å². The zero-order valence-corrected chi connectivity index (χ0v) is 11.4. The van der Waals surface area contributed by atoms with E-state index in [4.69, 9.17) is 9.47 Å².